The van der Waals surface area contributed by atoms with Crippen LogP contribution in [0.1, 0.15) is 35.2 Å². The number of halogens is 1. The maximum atomic E-state index is 14.3. The quantitative estimate of drug-likeness (QED) is 0.452. The van der Waals surface area contributed by atoms with E-state index < -0.39 is 11.2 Å². The molecule has 3 aromatic carbocycles. The molecule has 0 bridgehead atoms. The van der Waals surface area contributed by atoms with Gasteiger partial charge in [0.15, 0.2) is 0 Å². The van der Waals surface area contributed by atoms with Crippen molar-refractivity contribution in [3.63, 3.8) is 0 Å². The number of carbonyl (C=O) groups is 2. The van der Waals surface area contributed by atoms with E-state index in [9.17, 15) is 14.0 Å². The highest BCUT2D eigenvalue weighted by Gasteiger charge is 2.41. The molecule has 1 aliphatic heterocycles. The monoisotopic (exact) mass is 474 g/mol. The largest absolute Gasteiger partial charge is 0.493 e. The molecular weight excluding hydrogens is 443 g/mol. The standard InChI is InChI=1S/C29H31FN2O3/c1-31(20-23-11-4-2-5-12-23)27(33)19-29(22-35-24-13-6-3-7-14-24)17-10-18-32(21-29)28(34)25-15-8-9-16-26(25)30/h2-9,11-16H,10,17-22H2,1H3. The molecule has 1 saturated heterocycles. The summed E-state index contributed by atoms with van der Waals surface area (Å²) < 4.78 is 20.5. The molecule has 6 heteroatoms. The number of piperidine rings is 1. The Labute approximate surface area is 206 Å². The van der Waals surface area contributed by atoms with Gasteiger partial charge in [-0.2, -0.15) is 0 Å². The SMILES string of the molecule is CN(Cc1ccccc1)C(=O)CC1(COc2ccccc2)CCCN(C(=O)c2ccccc2F)C1. The highest BCUT2D eigenvalue weighted by molar-refractivity contribution is 5.94. The van der Waals surface area contributed by atoms with Gasteiger partial charge in [0.1, 0.15) is 11.6 Å². The Morgan fingerprint density at radius 3 is 2.34 bits per heavy atom. The van der Waals surface area contributed by atoms with E-state index in [4.69, 9.17) is 4.74 Å². The Morgan fingerprint density at radius 2 is 1.63 bits per heavy atom. The third kappa shape index (κ3) is 6.27. The van der Waals surface area contributed by atoms with Crippen molar-refractivity contribution >= 4 is 11.8 Å². The number of carbonyl (C=O) groups excluding carboxylic acids is 2. The minimum absolute atomic E-state index is 0.00861. The molecule has 1 atom stereocenters. The van der Waals surface area contributed by atoms with Gasteiger partial charge in [-0.15, -0.1) is 0 Å². The van der Waals surface area contributed by atoms with E-state index in [-0.39, 0.29) is 23.8 Å². The van der Waals surface area contributed by atoms with Crippen LogP contribution in [0.5, 0.6) is 5.75 Å². The van der Waals surface area contributed by atoms with Gasteiger partial charge in [-0.25, -0.2) is 4.39 Å². The first kappa shape index (κ1) is 24.5. The van der Waals surface area contributed by atoms with Gasteiger partial charge in [-0.3, -0.25) is 9.59 Å². The zero-order chi connectivity index (χ0) is 24.7. The van der Waals surface area contributed by atoms with Crippen molar-refractivity contribution in [2.45, 2.75) is 25.8 Å². The third-order valence-electron chi connectivity index (χ3n) is 6.56. The average molecular weight is 475 g/mol. The van der Waals surface area contributed by atoms with Gasteiger partial charge in [0.05, 0.1) is 12.2 Å². The van der Waals surface area contributed by atoms with Crippen molar-refractivity contribution in [3.8, 4) is 5.75 Å². The van der Waals surface area contributed by atoms with Crippen LogP contribution in [-0.4, -0.2) is 48.4 Å². The number of rotatable bonds is 8. The summed E-state index contributed by atoms with van der Waals surface area (Å²) in [6.07, 6.45) is 1.70. The van der Waals surface area contributed by atoms with Crippen LogP contribution in [-0.2, 0) is 11.3 Å². The zero-order valence-corrected chi connectivity index (χ0v) is 20.0. The highest BCUT2D eigenvalue weighted by atomic mass is 19.1. The molecule has 1 heterocycles. The summed E-state index contributed by atoms with van der Waals surface area (Å²) >= 11 is 0. The fourth-order valence-corrected chi connectivity index (χ4v) is 4.65. The first-order chi connectivity index (χ1) is 17.0. The molecule has 182 valence electrons. The normalized spacial score (nSPS) is 17.6. The summed E-state index contributed by atoms with van der Waals surface area (Å²) in [7, 11) is 1.80. The number of hydrogen-bond donors (Lipinski definition) is 0. The number of para-hydroxylation sites is 1. The maximum absolute atomic E-state index is 14.3. The number of ether oxygens (including phenoxy) is 1. The Hall–Kier alpha value is -3.67. The minimum atomic E-state index is -0.572. The first-order valence-corrected chi connectivity index (χ1v) is 12.0. The lowest BCUT2D eigenvalue weighted by Crippen LogP contribution is -2.50. The van der Waals surface area contributed by atoms with Crippen molar-refractivity contribution in [1.82, 2.24) is 9.80 Å². The van der Waals surface area contributed by atoms with Crippen molar-refractivity contribution in [3.05, 3.63) is 102 Å². The van der Waals surface area contributed by atoms with Crippen LogP contribution in [0.2, 0.25) is 0 Å². The van der Waals surface area contributed by atoms with E-state index >= 15 is 0 Å². The third-order valence-corrected chi connectivity index (χ3v) is 6.56. The molecule has 0 aliphatic carbocycles. The molecule has 1 unspecified atom stereocenters. The molecule has 3 aromatic rings. The van der Waals surface area contributed by atoms with E-state index in [0.717, 1.165) is 17.7 Å². The molecule has 1 fully saturated rings. The van der Waals surface area contributed by atoms with E-state index in [1.807, 2.05) is 60.7 Å². The van der Waals surface area contributed by atoms with Crippen molar-refractivity contribution in [2.75, 3.05) is 26.7 Å². The maximum Gasteiger partial charge on any atom is 0.256 e. The lowest BCUT2D eigenvalue weighted by atomic mass is 9.77. The molecule has 2 amide bonds. The van der Waals surface area contributed by atoms with Gasteiger partial charge in [0.2, 0.25) is 5.91 Å². The zero-order valence-electron chi connectivity index (χ0n) is 20.0. The van der Waals surface area contributed by atoms with Crippen molar-refractivity contribution in [1.29, 1.82) is 0 Å². The topological polar surface area (TPSA) is 49.9 Å². The summed E-state index contributed by atoms with van der Waals surface area (Å²) in [4.78, 5) is 29.9. The summed E-state index contributed by atoms with van der Waals surface area (Å²) in [6, 6.07) is 25.3. The number of amides is 2. The van der Waals surface area contributed by atoms with Gasteiger partial charge >= 0.3 is 0 Å². The average Bonchev–Trinajstić information content (AvgIpc) is 2.89. The Balaban J connectivity index is 1.53. The van der Waals surface area contributed by atoms with Gasteiger partial charge in [-0.1, -0.05) is 60.7 Å². The lowest BCUT2D eigenvalue weighted by molar-refractivity contribution is -0.134. The van der Waals surface area contributed by atoms with E-state index in [2.05, 4.69) is 0 Å². The van der Waals surface area contributed by atoms with Crippen LogP contribution in [0.25, 0.3) is 0 Å². The van der Waals surface area contributed by atoms with Crippen LogP contribution in [0.15, 0.2) is 84.9 Å². The molecule has 0 saturated carbocycles. The summed E-state index contributed by atoms with van der Waals surface area (Å²) in [5.74, 6) is -0.176. The number of nitrogens with zero attached hydrogens (tertiary/aromatic N) is 2. The molecule has 1 aliphatic rings. The number of likely N-dealkylation sites (tertiary alicyclic amines) is 1. The van der Waals surface area contributed by atoms with Crippen molar-refractivity contribution < 1.29 is 18.7 Å². The summed E-state index contributed by atoms with van der Waals surface area (Å²) in [5.41, 5.74) is 0.537. The Morgan fingerprint density at radius 1 is 0.971 bits per heavy atom. The van der Waals surface area contributed by atoms with E-state index in [1.54, 1.807) is 29.0 Å². The van der Waals surface area contributed by atoms with Gasteiger partial charge in [-0.05, 0) is 42.7 Å². The van der Waals surface area contributed by atoms with E-state index in [1.165, 1.54) is 12.1 Å². The molecule has 0 spiro atoms. The number of benzene rings is 3. The second-order valence-electron chi connectivity index (χ2n) is 9.32. The Bertz CT molecular complexity index is 1140. The molecule has 35 heavy (non-hydrogen) atoms. The van der Waals surface area contributed by atoms with Gasteiger partial charge in [0.25, 0.3) is 5.91 Å². The molecule has 4 rings (SSSR count). The van der Waals surface area contributed by atoms with Crippen LogP contribution in [0.3, 0.4) is 0 Å². The molecular formula is C29H31FN2O3. The van der Waals surface area contributed by atoms with E-state index in [0.29, 0.717) is 32.7 Å². The lowest BCUT2D eigenvalue weighted by Gasteiger charge is -2.43. The smallest absolute Gasteiger partial charge is 0.256 e. The van der Waals surface area contributed by atoms with Gasteiger partial charge < -0.3 is 14.5 Å². The predicted molar refractivity (Wildman–Crippen MR) is 133 cm³/mol. The van der Waals surface area contributed by atoms with Crippen LogP contribution < -0.4 is 4.74 Å². The fourth-order valence-electron chi connectivity index (χ4n) is 4.65. The van der Waals surface area contributed by atoms with Crippen LogP contribution >= 0.6 is 0 Å². The molecule has 0 radical (unpaired) electrons. The highest BCUT2D eigenvalue weighted by Crippen LogP contribution is 2.36. The first-order valence-electron chi connectivity index (χ1n) is 12.0. The van der Waals surface area contributed by atoms with Gasteiger partial charge in [0, 0.05) is 38.5 Å². The van der Waals surface area contributed by atoms with Crippen LogP contribution in [0.4, 0.5) is 4.39 Å². The molecule has 0 aromatic heterocycles. The fraction of sp³-hybridized carbons (Fsp3) is 0.310. The van der Waals surface area contributed by atoms with Crippen molar-refractivity contribution in [2.24, 2.45) is 5.41 Å². The summed E-state index contributed by atoms with van der Waals surface area (Å²) in [6.45, 7) is 1.66. The summed E-state index contributed by atoms with van der Waals surface area (Å²) in [5, 5.41) is 0. The molecule has 0 N–H and O–H groups in total. The second kappa shape index (κ2) is 11.2. The minimum Gasteiger partial charge on any atom is -0.493 e. The second-order valence-corrected chi connectivity index (χ2v) is 9.32. The Kier molecular flexibility index (Phi) is 7.80. The molecule has 5 nitrogen and oxygen atoms in total. The van der Waals surface area contributed by atoms with Crippen LogP contribution in [0, 0.1) is 11.2 Å². The number of hydrogen-bond acceptors (Lipinski definition) is 3. The predicted octanol–water partition coefficient (Wildman–Crippen LogP) is 5.18.